The van der Waals surface area contributed by atoms with Gasteiger partial charge in [-0.15, -0.1) is 0 Å². The fraction of sp³-hybridized carbons (Fsp3) is 0.296. The van der Waals surface area contributed by atoms with E-state index in [2.05, 4.69) is 5.32 Å². The van der Waals surface area contributed by atoms with Crippen LogP contribution in [-0.2, 0) is 10.0 Å². The second-order valence-corrected chi connectivity index (χ2v) is 10.5. The standard InChI is InChI=1S/C27H30N2O4S/c1-29(34(31,32)24-18-12-21(13-19-24)20-8-4-3-5-9-20)26-11-7-6-10-25(26)27(30)28-22-14-16-23(33-2)17-15-22/h6-7,10-20H,3-5,8-9H2,1-2H3,(H,28,30). The van der Waals surface area contributed by atoms with Gasteiger partial charge in [0.15, 0.2) is 0 Å². The SMILES string of the molecule is COc1ccc(NC(=O)c2ccccc2N(C)S(=O)(=O)c2ccc(C3CCCCC3)cc2)cc1. The minimum atomic E-state index is -3.84. The van der Waals surface area contributed by atoms with Crippen LogP contribution in [0.1, 0.15) is 53.9 Å². The first-order chi connectivity index (χ1) is 16.4. The van der Waals surface area contributed by atoms with Crippen molar-refractivity contribution in [3.05, 3.63) is 83.9 Å². The van der Waals surface area contributed by atoms with Crippen LogP contribution in [0.2, 0.25) is 0 Å². The van der Waals surface area contributed by atoms with Gasteiger partial charge in [0, 0.05) is 12.7 Å². The number of hydrogen-bond donors (Lipinski definition) is 1. The van der Waals surface area contributed by atoms with Crippen molar-refractivity contribution in [1.82, 2.24) is 0 Å². The van der Waals surface area contributed by atoms with Crippen molar-refractivity contribution in [3.63, 3.8) is 0 Å². The molecule has 1 aliphatic rings. The molecule has 1 aliphatic carbocycles. The predicted molar refractivity (Wildman–Crippen MR) is 135 cm³/mol. The van der Waals surface area contributed by atoms with Crippen LogP contribution in [-0.4, -0.2) is 28.5 Å². The summed E-state index contributed by atoms with van der Waals surface area (Å²) in [6.45, 7) is 0. The van der Waals surface area contributed by atoms with Gasteiger partial charge in [-0.3, -0.25) is 9.10 Å². The Bertz CT molecular complexity index is 1230. The Morgan fingerprint density at radius 1 is 0.912 bits per heavy atom. The number of carbonyl (C=O) groups is 1. The molecule has 34 heavy (non-hydrogen) atoms. The molecular formula is C27H30N2O4S. The van der Waals surface area contributed by atoms with Gasteiger partial charge in [-0.1, -0.05) is 43.5 Å². The molecule has 4 rings (SSSR count). The molecular weight excluding hydrogens is 448 g/mol. The summed E-state index contributed by atoms with van der Waals surface area (Å²) in [6, 6.07) is 20.8. The van der Waals surface area contributed by atoms with Crippen LogP contribution in [0.4, 0.5) is 11.4 Å². The molecule has 1 N–H and O–H groups in total. The van der Waals surface area contributed by atoms with Crippen LogP contribution in [0, 0.1) is 0 Å². The molecule has 3 aromatic rings. The van der Waals surface area contributed by atoms with E-state index in [9.17, 15) is 13.2 Å². The summed E-state index contributed by atoms with van der Waals surface area (Å²) in [5.74, 6) is 0.791. The van der Waals surface area contributed by atoms with Crippen molar-refractivity contribution in [2.24, 2.45) is 0 Å². The monoisotopic (exact) mass is 478 g/mol. The Morgan fingerprint density at radius 3 is 2.21 bits per heavy atom. The molecule has 1 amide bonds. The lowest BCUT2D eigenvalue weighted by Crippen LogP contribution is -2.29. The minimum Gasteiger partial charge on any atom is -0.497 e. The number of carbonyl (C=O) groups excluding carboxylic acids is 1. The van der Waals surface area contributed by atoms with Crippen molar-refractivity contribution in [2.75, 3.05) is 23.8 Å². The average molecular weight is 479 g/mol. The second kappa shape index (κ2) is 10.3. The predicted octanol–water partition coefficient (Wildman–Crippen LogP) is 5.82. The van der Waals surface area contributed by atoms with Gasteiger partial charge in [0.2, 0.25) is 0 Å². The molecule has 6 nitrogen and oxygen atoms in total. The van der Waals surface area contributed by atoms with E-state index >= 15 is 0 Å². The number of rotatable bonds is 7. The number of nitrogens with one attached hydrogen (secondary N) is 1. The Kier molecular flexibility index (Phi) is 7.22. The van der Waals surface area contributed by atoms with Gasteiger partial charge in [0.25, 0.3) is 15.9 Å². The van der Waals surface area contributed by atoms with E-state index in [0.717, 1.165) is 12.8 Å². The van der Waals surface area contributed by atoms with Gasteiger partial charge < -0.3 is 10.1 Å². The minimum absolute atomic E-state index is 0.208. The molecule has 0 radical (unpaired) electrons. The van der Waals surface area contributed by atoms with Crippen LogP contribution in [0.3, 0.4) is 0 Å². The third-order valence-corrected chi connectivity index (χ3v) is 8.24. The average Bonchev–Trinajstić information content (AvgIpc) is 2.89. The molecule has 0 saturated heterocycles. The number of ether oxygens (including phenoxy) is 1. The molecule has 0 unspecified atom stereocenters. The third-order valence-electron chi connectivity index (χ3n) is 6.45. The number of sulfonamides is 1. The highest BCUT2D eigenvalue weighted by Gasteiger charge is 2.26. The number of nitrogens with zero attached hydrogens (tertiary/aromatic N) is 1. The summed E-state index contributed by atoms with van der Waals surface area (Å²) in [6.07, 6.45) is 6.04. The normalized spacial score (nSPS) is 14.4. The number of amides is 1. The van der Waals surface area contributed by atoms with Crippen LogP contribution >= 0.6 is 0 Å². The van der Waals surface area contributed by atoms with E-state index in [4.69, 9.17) is 4.74 Å². The highest BCUT2D eigenvalue weighted by atomic mass is 32.2. The van der Waals surface area contributed by atoms with E-state index in [1.807, 2.05) is 12.1 Å². The molecule has 0 bridgehead atoms. The van der Waals surface area contributed by atoms with E-state index in [1.54, 1.807) is 67.8 Å². The van der Waals surface area contributed by atoms with Gasteiger partial charge in [-0.2, -0.15) is 0 Å². The topological polar surface area (TPSA) is 75.7 Å². The van der Waals surface area contributed by atoms with Crippen molar-refractivity contribution in [3.8, 4) is 5.75 Å². The smallest absolute Gasteiger partial charge is 0.264 e. The van der Waals surface area contributed by atoms with Crippen LogP contribution < -0.4 is 14.4 Å². The lowest BCUT2D eigenvalue weighted by Gasteiger charge is -2.24. The molecule has 178 valence electrons. The van der Waals surface area contributed by atoms with E-state index < -0.39 is 15.9 Å². The zero-order chi connectivity index (χ0) is 24.1. The summed E-state index contributed by atoms with van der Waals surface area (Å²) in [7, 11) is -0.791. The Hall–Kier alpha value is -3.32. The number of benzene rings is 3. The van der Waals surface area contributed by atoms with Gasteiger partial charge in [-0.05, 0) is 72.9 Å². The summed E-state index contributed by atoms with van der Waals surface area (Å²) in [5.41, 5.74) is 2.36. The molecule has 0 atom stereocenters. The largest absolute Gasteiger partial charge is 0.497 e. The van der Waals surface area contributed by atoms with Crippen molar-refractivity contribution < 1.29 is 17.9 Å². The fourth-order valence-electron chi connectivity index (χ4n) is 4.45. The van der Waals surface area contributed by atoms with Crippen molar-refractivity contribution in [2.45, 2.75) is 42.9 Å². The van der Waals surface area contributed by atoms with E-state index in [1.165, 1.54) is 36.2 Å². The lowest BCUT2D eigenvalue weighted by atomic mass is 9.84. The van der Waals surface area contributed by atoms with E-state index in [0.29, 0.717) is 23.0 Å². The van der Waals surface area contributed by atoms with Crippen LogP contribution in [0.15, 0.2) is 77.7 Å². The third kappa shape index (κ3) is 5.09. The van der Waals surface area contributed by atoms with Crippen LogP contribution in [0.25, 0.3) is 0 Å². The fourth-order valence-corrected chi connectivity index (χ4v) is 5.66. The lowest BCUT2D eigenvalue weighted by molar-refractivity contribution is 0.102. The van der Waals surface area contributed by atoms with Crippen molar-refractivity contribution in [1.29, 1.82) is 0 Å². The van der Waals surface area contributed by atoms with Gasteiger partial charge >= 0.3 is 0 Å². The molecule has 7 heteroatoms. The number of hydrogen-bond acceptors (Lipinski definition) is 4. The summed E-state index contributed by atoms with van der Waals surface area (Å²) < 4.78 is 33.1. The molecule has 3 aromatic carbocycles. The Morgan fingerprint density at radius 2 is 1.56 bits per heavy atom. The van der Waals surface area contributed by atoms with Gasteiger partial charge in [0.05, 0.1) is 23.3 Å². The summed E-state index contributed by atoms with van der Waals surface area (Å²) in [4.78, 5) is 13.2. The Balaban J connectivity index is 1.56. The number of anilines is 2. The highest BCUT2D eigenvalue weighted by molar-refractivity contribution is 7.92. The molecule has 0 spiro atoms. The summed E-state index contributed by atoms with van der Waals surface area (Å²) in [5, 5.41) is 2.82. The van der Waals surface area contributed by atoms with Gasteiger partial charge in [0.1, 0.15) is 5.75 Å². The first-order valence-electron chi connectivity index (χ1n) is 11.5. The molecule has 0 aromatic heterocycles. The zero-order valence-corrected chi connectivity index (χ0v) is 20.3. The number of para-hydroxylation sites is 1. The zero-order valence-electron chi connectivity index (χ0n) is 19.5. The maximum atomic E-state index is 13.4. The quantitative estimate of drug-likeness (QED) is 0.464. The van der Waals surface area contributed by atoms with Crippen LogP contribution in [0.5, 0.6) is 5.75 Å². The van der Waals surface area contributed by atoms with Gasteiger partial charge in [-0.25, -0.2) is 8.42 Å². The first-order valence-corrected chi connectivity index (χ1v) is 13.0. The molecule has 0 aliphatic heterocycles. The van der Waals surface area contributed by atoms with Crippen molar-refractivity contribution >= 4 is 27.3 Å². The molecule has 0 heterocycles. The van der Waals surface area contributed by atoms with E-state index in [-0.39, 0.29) is 10.5 Å². The second-order valence-electron chi connectivity index (χ2n) is 8.58. The Labute approximate surface area is 201 Å². The highest BCUT2D eigenvalue weighted by Crippen LogP contribution is 2.33. The first kappa shape index (κ1) is 23.8. The molecule has 1 saturated carbocycles. The maximum Gasteiger partial charge on any atom is 0.264 e. The molecule has 1 fully saturated rings. The summed E-state index contributed by atoms with van der Waals surface area (Å²) >= 11 is 0. The maximum absolute atomic E-state index is 13.4. The number of methoxy groups -OCH3 is 1.